The minimum absolute atomic E-state index is 0.00139. The van der Waals surface area contributed by atoms with Gasteiger partial charge in [-0.25, -0.2) is 0 Å². The van der Waals surface area contributed by atoms with E-state index in [1.807, 2.05) is 12.1 Å². The van der Waals surface area contributed by atoms with Gasteiger partial charge in [0.05, 0.1) is 5.38 Å². The first kappa shape index (κ1) is 11.6. The Bertz CT molecular complexity index is 345. The van der Waals surface area contributed by atoms with Crippen LogP contribution in [0.5, 0.6) is 0 Å². The largest absolute Gasteiger partial charge is 0.118 e. The van der Waals surface area contributed by atoms with Gasteiger partial charge in [-0.1, -0.05) is 42.5 Å². The van der Waals surface area contributed by atoms with E-state index in [1.54, 1.807) is 6.07 Å². The van der Waals surface area contributed by atoms with Crippen LogP contribution in [0.4, 0.5) is 0 Å². The number of benzene rings is 1. The van der Waals surface area contributed by atoms with Crippen LogP contribution in [0, 0.1) is 5.92 Å². The Labute approximate surface area is 106 Å². The zero-order chi connectivity index (χ0) is 10.8. The van der Waals surface area contributed by atoms with Crippen LogP contribution in [-0.4, -0.2) is 0 Å². The summed E-state index contributed by atoms with van der Waals surface area (Å²) < 4.78 is 0. The minimum Gasteiger partial charge on any atom is -0.118 e. The molecule has 0 bridgehead atoms. The molecule has 1 saturated carbocycles. The van der Waals surface area contributed by atoms with Crippen LogP contribution in [0.25, 0.3) is 0 Å². The molecule has 0 amide bonds. The maximum absolute atomic E-state index is 6.35. The normalized spacial score (nSPS) is 18.6. The van der Waals surface area contributed by atoms with Crippen molar-refractivity contribution in [1.29, 1.82) is 0 Å². The van der Waals surface area contributed by atoms with Crippen LogP contribution in [0.1, 0.15) is 36.6 Å². The van der Waals surface area contributed by atoms with Gasteiger partial charge in [0, 0.05) is 10.0 Å². The molecule has 1 aliphatic carbocycles. The lowest BCUT2D eigenvalue weighted by Gasteiger charge is -2.27. The number of hydrogen-bond donors (Lipinski definition) is 0. The van der Waals surface area contributed by atoms with E-state index in [9.17, 15) is 0 Å². The highest BCUT2D eigenvalue weighted by atomic mass is 35.5. The molecule has 0 N–H and O–H groups in total. The summed E-state index contributed by atoms with van der Waals surface area (Å²) in [7, 11) is 0. The molecule has 1 atom stereocenters. The maximum atomic E-state index is 6.35. The van der Waals surface area contributed by atoms with Crippen LogP contribution >= 0.6 is 34.8 Å². The van der Waals surface area contributed by atoms with Crippen molar-refractivity contribution in [3.8, 4) is 0 Å². The number of rotatable bonds is 3. The van der Waals surface area contributed by atoms with Gasteiger partial charge in [-0.2, -0.15) is 0 Å². The fourth-order valence-electron chi connectivity index (χ4n) is 1.90. The Kier molecular flexibility index (Phi) is 3.82. The van der Waals surface area contributed by atoms with Gasteiger partial charge in [0.15, 0.2) is 0 Å². The van der Waals surface area contributed by atoms with Crippen molar-refractivity contribution < 1.29 is 0 Å². The van der Waals surface area contributed by atoms with E-state index in [0.717, 1.165) is 22.9 Å². The van der Waals surface area contributed by atoms with E-state index >= 15 is 0 Å². The van der Waals surface area contributed by atoms with Gasteiger partial charge in [0.2, 0.25) is 0 Å². The highest BCUT2D eigenvalue weighted by Gasteiger charge is 2.23. The second kappa shape index (κ2) is 4.95. The second-order valence-corrected chi connectivity index (χ2v) is 5.54. The molecule has 1 aromatic rings. The average molecular weight is 264 g/mol. The zero-order valence-electron chi connectivity index (χ0n) is 8.35. The van der Waals surface area contributed by atoms with Crippen molar-refractivity contribution in [2.24, 2.45) is 5.92 Å². The molecule has 0 aromatic heterocycles. The van der Waals surface area contributed by atoms with Crippen molar-refractivity contribution in [2.75, 3.05) is 0 Å². The fourth-order valence-corrected chi connectivity index (χ4v) is 2.82. The van der Waals surface area contributed by atoms with Crippen LogP contribution in [0.15, 0.2) is 18.2 Å². The molecule has 1 aromatic carbocycles. The molecule has 15 heavy (non-hydrogen) atoms. The standard InChI is InChI=1S/C12H13Cl3/c13-9-4-5-11(14)10(7-9)12(15)6-8-2-1-3-8/h4-5,7-8,12H,1-3,6H2. The smallest absolute Gasteiger partial charge is 0.0603 e. The van der Waals surface area contributed by atoms with Crippen molar-refractivity contribution in [3.63, 3.8) is 0 Å². The molecular formula is C12H13Cl3. The van der Waals surface area contributed by atoms with E-state index in [2.05, 4.69) is 0 Å². The van der Waals surface area contributed by atoms with Gasteiger partial charge in [0.25, 0.3) is 0 Å². The summed E-state index contributed by atoms with van der Waals surface area (Å²) in [5.41, 5.74) is 0.970. The summed E-state index contributed by atoms with van der Waals surface area (Å²) >= 11 is 18.4. The van der Waals surface area contributed by atoms with Crippen LogP contribution in [0.3, 0.4) is 0 Å². The number of halogens is 3. The monoisotopic (exact) mass is 262 g/mol. The average Bonchev–Trinajstić information content (AvgIpc) is 2.15. The van der Waals surface area contributed by atoms with E-state index in [0.29, 0.717) is 5.02 Å². The third-order valence-electron chi connectivity index (χ3n) is 3.06. The first-order chi connectivity index (χ1) is 7.16. The van der Waals surface area contributed by atoms with Gasteiger partial charge >= 0.3 is 0 Å². The van der Waals surface area contributed by atoms with Crippen molar-refractivity contribution >= 4 is 34.8 Å². The third-order valence-corrected chi connectivity index (χ3v) is 4.05. The molecular weight excluding hydrogens is 250 g/mol. The lowest BCUT2D eigenvalue weighted by Crippen LogP contribution is -2.13. The third kappa shape index (κ3) is 2.81. The van der Waals surface area contributed by atoms with E-state index in [1.165, 1.54) is 19.3 Å². The predicted octanol–water partition coefficient (Wildman–Crippen LogP) is 5.46. The Hall–Kier alpha value is 0.0900. The molecule has 1 unspecified atom stereocenters. The molecule has 0 aliphatic heterocycles. The highest BCUT2D eigenvalue weighted by molar-refractivity contribution is 6.34. The highest BCUT2D eigenvalue weighted by Crippen LogP contribution is 2.40. The van der Waals surface area contributed by atoms with E-state index in [-0.39, 0.29) is 5.38 Å². The van der Waals surface area contributed by atoms with Crippen LogP contribution in [-0.2, 0) is 0 Å². The van der Waals surface area contributed by atoms with Gasteiger partial charge < -0.3 is 0 Å². The first-order valence-electron chi connectivity index (χ1n) is 5.26. The summed E-state index contributed by atoms with van der Waals surface area (Å²) in [6.07, 6.45) is 4.97. The molecule has 0 saturated heterocycles. The summed E-state index contributed by atoms with van der Waals surface area (Å²) in [6, 6.07) is 5.48. The zero-order valence-corrected chi connectivity index (χ0v) is 10.6. The second-order valence-electron chi connectivity index (χ2n) is 4.17. The summed E-state index contributed by atoms with van der Waals surface area (Å²) in [6.45, 7) is 0. The molecule has 3 heteroatoms. The molecule has 2 rings (SSSR count). The molecule has 1 aliphatic rings. The fraction of sp³-hybridized carbons (Fsp3) is 0.500. The lowest BCUT2D eigenvalue weighted by molar-refractivity contribution is 0.293. The minimum atomic E-state index is 0.00139. The van der Waals surface area contributed by atoms with E-state index < -0.39 is 0 Å². The maximum Gasteiger partial charge on any atom is 0.0603 e. The Morgan fingerprint density at radius 3 is 2.60 bits per heavy atom. The lowest BCUT2D eigenvalue weighted by atomic mass is 9.81. The summed E-state index contributed by atoms with van der Waals surface area (Å²) in [5.74, 6) is 0.780. The van der Waals surface area contributed by atoms with Crippen molar-refractivity contribution in [1.82, 2.24) is 0 Å². The van der Waals surface area contributed by atoms with Crippen LogP contribution in [0.2, 0.25) is 10.0 Å². The number of hydrogen-bond acceptors (Lipinski definition) is 0. The van der Waals surface area contributed by atoms with Crippen molar-refractivity contribution in [3.05, 3.63) is 33.8 Å². The van der Waals surface area contributed by atoms with Gasteiger partial charge in [-0.3, -0.25) is 0 Å². The topological polar surface area (TPSA) is 0 Å². The Morgan fingerprint density at radius 2 is 2.00 bits per heavy atom. The van der Waals surface area contributed by atoms with Gasteiger partial charge in [-0.15, -0.1) is 11.6 Å². The van der Waals surface area contributed by atoms with Gasteiger partial charge in [-0.05, 0) is 36.1 Å². The molecule has 0 radical (unpaired) electrons. The molecule has 0 heterocycles. The quantitative estimate of drug-likeness (QED) is 0.635. The Balaban J connectivity index is 2.09. The first-order valence-corrected chi connectivity index (χ1v) is 6.45. The Morgan fingerprint density at radius 1 is 1.27 bits per heavy atom. The molecule has 1 fully saturated rings. The molecule has 0 nitrogen and oxygen atoms in total. The van der Waals surface area contributed by atoms with Crippen molar-refractivity contribution in [2.45, 2.75) is 31.1 Å². The predicted molar refractivity (Wildman–Crippen MR) is 67.0 cm³/mol. The molecule has 82 valence electrons. The summed E-state index contributed by atoms with van der Waals surface area (Å²) in [4.78, 5) is 0. The SMILES string of the molecule is Clc1ccc(Cl)c(C(Cl)CC2CCC2)c1. The molecule has 0 spiro atoms. The van der Waals surface area contributed by atoms with E-state index in [4.69, 9.17) is 34.8 Å². The van der Waals surface area contributed by atoms with Gasteiger partial charge in [0.1, 0.15) is 0 Å². The van der Waals surface area contributed by atoms with Crippen LogP contribution < -0.4 is 0 Å². The summed E-state index contributed by atoms with van der Waals surface area (Å²) in [5, 5.41) is 1.42. The number of alkyl halides is 1.